The third-order valence-corrected chi connectivity index (χ3v) is 4.69. The van der Waals surface area contributed by atoms with Crippen molar-refractivity contribution in [2.75, 3.05) is 18.5 Å². The van der Waals surface area contributed by atoms with Crippen molar-refractivity contribution < 1.29 is 0 Å². The first kappa shape index (κ1) is 15.7. The minimum atomic E-state index is 0.369. The summed E-state index contributed by atoms with van der Waals surface area (Å²) in [4.78, 5) is 2.13. The van der Waals surface area contributed by atoms with E-state index in [1.807, 2.05) is 7.05 Å². The fourth-order valence-corrected chi connectivity index (χ4v) is 3.49. The molecular formula is C16H25N5. The average Bonchev–Trinajstić information content (AvgIpc) is 3.00. The van der Waals surface area contributed by atoms with Crippen molar-refractivity contribution in [1.82, 2.24) is 10.2 Å². The number of hydrogen-bond acceptors (Lipinski definition) is 5. The van der Waals surface area contributed by atoms with Crippen LogP contribution in [0.15, 0.2) is 0 Å². The Kier molecular flexibility index (Phi) is 5.13. The van der Waals surface area contributed by atoms with Gasteiger partial charge in [-0.1, -0.05) is 20.3 Å². The van der Waals surface area contributed by atoms with Gasteiger partial charge in [-0.15, -0.1) is 5.10 Å². The first-order valence-corrected chi connectivity index (χ1v) is 7.89. The Hall–Kier alpha value is -1.67. The van der Waals surface area contributed by atoms with Gasteiger partial charge >= 0.3 is 0 Å². The molecule has 114 valence electrons. The van der Waals surface area contributed by atoms with E-state index in [-0.39, 0.29) is 0 Å². The van der Waals surface area contributed by atoms with Gasteiger partial charge in [-0.05, 0) is 43.7 Å². The van der Waals surface area contributed by atoms with Crippen LogP contribution >= 0.6 is 0 Å². The highest BCUT2D eigenvalue weighted by Crippen LogP contribution is 2.33. The zero-order chi connectivity index (χ0) is 15.4. The molecule has 0 radical (unpaired) electrons. The molecule has 1 aromatic heterocycles. The summed E-state index contributed by atoms with van der Waals surface area (Å²) in [6.45, 7) is 4.81. The molecule has 0 aromatic carbocycles. The summed E-state index contributed by atoms with van der Waals surface area (Å²) in [5.41, 5.74) is 8.55. The highest BCUT2D eigenvalue weighted by Gasteiger charge is 2.32. The molecule has 0 bridgehead atoms. The van der Waals surface area contributed by atoms with E-state index < -0.39 is 0 Å². The van der Waals surface area contributed by atoms with Crippen molar-refractivity contribution in [3.8, 4) is 6.07 Å². The molecule has 2 unspecified atom stereocenters. The lowest BCUT2D eigenvalue weighted by atomic mass is 10.00. The van der Waals surface area contributed by atoms with Gasteiger partial charge in [0, 0.05) is 13.1 Å². The molecule has 0 spiro atoms. The maximum absolute atomic E-state index is 9.60. The van der Waals surface area contributed by atoms with Gasteiger partial charge in [0.15, 0.2) is 5.82 Å². The maximum Gasteiger partial charge on any atom is 0.169 e. The molecule has 5 heteroatoms. The van der Waals surface area contributed by atoms with E-state index in [1.165, 1.54) is 6.42 Å². The second kappa shape index (κ2) is 6.86. The topological polar surface area (TPSA) is 78.8 Å². The number of aryl methyl sites for hydroxylation is 1. The van der Waals surface area contributed by atoms with Gasteiger partial charge in [-0.2, -0.15) is 10.4 Å². The molecule has 2 N–H and O–H groups in total. The van der Waals surface area contributed by atoms with E-state index in [9.17, 15) is 5.26 Å². The fraction of sp³-hybridized carbons (Fsp3) is 0.688. The van der Waals surface area contributed by atoms with Crippen LogP contribution in [0.25, 0.3) is 0 Å². The van der Waals surface area contributed by atoms with Crippen molar-refractivity contribution in [2.45, 2.75) is 52.0 Å². The summed E-state index contributed by atoms with van der Waals surface area (Å²) in [7, 11) is 2.02. The number of nitrogens with zero attached hydrogens (tertiary/aromatic N) is 4. The van der Waals surface area contributed by atoms with Crippen molar-refractivity contribution >= 4 is 5.82 Å². The second-order valence-electron chi connectivity index (χ2n) is 5.75. The molecule has 0 amide bonds. The number of anilines is 1. The molecule has 0 aliphatic heterocycles. The lowest BCUT2D eigenvalue weighted by Crippen LogP contribution is -2.39. The minimum Gasteiger partial charge on any atom is -0.354 e. The fourth-order valence-electron chi connectivity index (χ4n) is 3.49. The molecule has 1 aliphatic carbocycles. The average molecular weight is 287 g/mol. The zero-order valence-electron chi connectivity index (χ0n) is 13.3. The normalized spacial score (nSPS) is 21.3. The highest BCUT2D eigenvalue weighted by atomic mass is 15.3. The van der Waals surface area contributed by atoms with Crippen LogP contribution < -0.4 is 10.6 Å². The Bertz CT molecular complexity index is 534. The van der Waals surface area contributed by atoms with Crippen molar-refractivity contribution in [3.63, 3.8) is 0 Å². The monoisotopic (exact) mass is 287 g/mol. The molecule has 5 nitrogen and oxygen atoms in total. The third kappa shape index (κ3) is 2.86. The van der Waals surface area contributed by atoms with Gasteiger partial charge in [0.25, 0.3) is 0 Å². The predicted molar refractivity (Wildman–Crippen MR) is 84.1 cm³/mol. The van der Waals surface area contributed by atoms with Crippen LogP contribution in [0, 0.1) is 17.2 Å². The summed E-state index contributed by atoms with van der Waals surface area (Å²) in [5.74, 6) is 1.20. The highest BCUT2D eigenvalue weighted by molar-refractivity contribution is 5.58. The number of aromatic nitrogens is 2. The van der Waals surface area contributed by atoms with Crippen LogP contribution in [0.2, 0.25) is 0 Å². The lowest BCUT2D eigenvalue weighted by molar-refractivity contribution is 0.470. The molecule has 21 heavy (non-hydrogen) atoms. The summed E-state index contributed by atoms with van der Waals surface area (Å²) in [6, 6.07) is 2.72. The molecule has 1 saturated carbocycles. The number of rotatable bonds is 5. The summed E-state index contributed by atoms with van der Waals surface area (Å²) in [5, 5.41) is 18.3. The first-order chi connectivity index (χ1) is 10.2. The van der Waals surface area contributed by atoms with Gasteiger partial charge in [0.2, 0.25) is 0 Å². The Morgan fingerprint density at radius 2 is 2.05 bits per heavy atom. The lowest BCUT2D eigenvalue weighted by Gasteiger charge is -2.30. The SMILES string of the molecule is CCc1nnc(N(C)C2CCCC2CN)c(C#N)c1CC. The van der Waals surface area contributed by atoms with Gasteiger partial charge < -0.3 is 10.6 Å². The summed E-state index contributed by atoms with van der Waals surface area (Å²) < 4.78 is 0. The summed E-state index contributed by atoms with van der Waals surface area (Å²) >= 11 is 0. The summed E-state index contributed by atoms with van der Waals surface area (Å²) in [6.07, 6.45) is 5.09. The molecule has 0 saturated heterocycles. The van der Waals surface area contributed by atoms with Crippen molar-refractivity contribution in [2.24, 2.45) is 11.7 Å². The Morgan fingerprint density at radius 3 is 2.62 bits per heavy atom. The van der Waals surface area contributed by atoms with Gasteiger partial charge in [0.1, 0.15) is 11.6 Å². The van der Waals surface area contributed by atoms with Gasteiger partial charge in [0.05, 0.1) is 5.69 Å². The van der Waals surface area contributed by atoms with E-state index >= 15 is 0 Å². The number of nitrogens with two attached hydrogens (primary N) is 1. The predicted octanol–water partition coefficient (Wildman–Crippen LogP) is 2.04. The first-order valence-electron chi connectivity index (χ1n) is 7.89. The van der Waals surface area contributed by atoms with E-state index in [0.717, 1.165) is 42.8 Å². The molecule has 2 atom stereocenters. The van der Waals surface area contributed by atoms with E-state index in [0.29, 0.717) is 24.1 Å². The molecule has 1 heterocycles. The standard InChI is InChI=1S/C16H25N5/c1-4-12-13(10-18)16(20-19-14(12)5-2)21(3)15-8-6-7-11(15)9-17/h11,15H,4-9,17H2,1-3H3. The molecule has 1 aromatic rings. The second-order valence-corrected chi connectivity index (χ2v) is 5.75. The van der Waals surface area contributed by atoms with Crippen molar-refractivity contribution in [3.05, 3.63) is 16.8 Å². The van der Waals surface area contributed by atoms with Gasteiger partial charge in [-0.25, -0.2) is 0 Å². The quantitative estimate of drug-likeness (QED) is 0.896. The van der Waals surface area contributed by atoms with E-state index in [4.69, 9.17) is 5.73 Å². The Balaban J connectivity index is 2.42. The smallest absolute Gasteiger partial charge is 0.169 e. The van der Waals surface area contributed by atoms with E-state index in [1.54, 1.807) is 0 Å². The van der Waals surface area contributed by atoms with Crippen LogP contribution in [-0.4, -0.2) is 29.8 Å². The third-order valence-electron chi connectivity index (χ3n) is 4.69. The van der Waals surface area contributed by atoms with Gasteiger partial charge in [-0.3, -0.25) is 0 Å². The van der Waals surface area contributed by atoms with Crippen LogP contribution in [0.1, 0.15) is 49.9 Å². The number of hydrogen-bond donors (Lipinski definition) is 1. The molecule has 1 aliphatic rings. The Labute approximate surface area is 127 Å². The van der Waals surface area contributed by atoms with Crippen LogP contribution in [0.4, 0.5) is 5.82 Å². The van der Waals surface area contributed by atoms with Crippen LogP contribution in [0.3, 0.4) is 0 Å². The molecule has 2 rings (SSSR count). The largest absolute Gasteiger partial charge is 0.354 e. The minimum absolute atomic E-state index is 0.369. The Morgan fingerprint density at radius 1 is 1.29 bits per heavy atom. The molecule has 1 fully saturated rings. The van der Waals surface area contributed by atoms with Crippen LogP contribution in [0.5, 0.6) is 0 Å². The van der Waals surface area contributed by atoms with Crippen molar-refractivity contribution in [1.29, 1.82) is 5.26 Å². The maximum atomic E-state index is 9.60. The van der Waals surface area contributed by atoms with Crippen LogP contribution in [-0.2, 0) is 12.8 Å². The number of nitriles is 1. The van der Waals surface area contributed by atoms with E-state index in [2.05, 4.69) is 35.0 Å². The molecular weight excluding hydrogens is 262 g/mol. The zero-order valence-corrected chi connectivity index (χ0v) is 13.3.